The number of carbonyl (C=O) groups excluding carboxylic acids is 4. The highest BCUT2D eigenvalue weighted by atomic mass is 32.1. The molecule has 9 aromatic rings. The number of rotatable bonds is 11. The van der Waals surface area contributed by atoms with Crippen molar-refractivity contribution in [1.29, 1.82) is 0 Å². The minimum Gasteiger partial charge on any atom is -0.464 e. The Labute approximate surface area is 375 Å². The number of benzene rings is 3. The van der Waals surface area contributed by atoms with Gasteiger partial charge in [0.15, 0.2) is 22.1 Å². The van der Waals surface area contributed by atoms with Crippen LogP contribution in [0.25, 0.3) is 32.7 Å². The summed E-state index contributed by atoms with van der Waals surface area (Å²) in [5.41, 5.74) is 6.95. The number of nitrogens with zero attached hydrogens (tertiary/aromatic N) is 5. The number of H-pyrrole nitrogens is 3. The maximum atomic E-state index is 12.4. The van der Waals surface area contributed by atoms with E-state index in [1.807, 2.05) is 85.2 Å². The number of thiazole rings is 3. The summed E-state index contributed by atoms with van der Waals surface area (Å²) in [7, 11) is 6.88. The number of ether oxygens (including phenoxy) is 3. The van der Waals surface area contributed by atoms with Crippen molar-refractivity contribution in [3.8, 4) is 0 Å². The van der Waals surface area contributed by atoms with Crippen LogP contribution in [-0.2, 0) is 23.9 Å². The van der Waals surface area contributed by atoms with Crippen LogP contribution in [0.4, 0.5) is 0 Å². The van der Waals surface area contributed by atoms with Gasteiger partial charge in [0.2, 0.25) is 5.78 Å². The standard InChI is InChI=1S/2C15H13N3O3S.C14H10N2O3S/c2*1-20-15(19)12-8-22-14(17-12)13(18-21-2)10-7-16-11-6-4-3-5-9(10)11;1-19-14(18)11-7-20-13(16-11)12(17)9-6-15-10-5-3-2-4-8(9)10/h2*3-8,16H,1-2H3;2-7,15H,1H3/b18-13+;18-13-;. The van der Waals surface area contributed by atoms with E-state index in [1.54, 1.807) is 17.0 Å². The van der Waals surface area contributed by atoms with Crippen molar-refractivity contribution in [2.24, 2.45) is 10.3 Å². The quantitative estimate of drug-likeness (QED) is 0.0367. The van der Waals surface area contributed by atoms with Crippen molar-refractivity contribution in [3.63, 3.8) is 0 Å². The van der Waals surface area contributed by atoms with Crippen molar-refractivity contribution < 1.29 is 43.1 Å². The van der Waals surface area contributed by atoms with Gasteiger partial charge in [0.1, 0.15) is 35.7 Å². The van der Waals surface area contributed by atoms with Gasteiger partial charge in [-0.15, -0.1) is 34.0 Å². The van der Waals surface area contributed by atoms with Crippen LogP contribution in [0.1, 0.15) is 68.0 Å². The maximum Gasteiger partial charge on any atom is 0.357 e. The van der Waals surface area contributed by atoms with Crippen LogP contribution in [-0.4, -0.2) is 101 Å². The van der Waals surface area contributed by atoms with Gasteiger partial charge in [0, 0.05) is 78.6 Å². The SMILES string of the molecule is CO/N=C(/c1nc(C(=O)OC)cs1)c1c[nH]c2ccccc12.CO/N=C(\c1nc(C(=O)OC)cs1)c1c[nH]c2ccccc12.COC(=O)c1csc(C(=O)c2c[nH]c3ccccc23)n1. The lowest BCUT2D eigenvalue weighted by Crippen LogP contribution is -2.06. The van der Waals surface area contributed by atoms with Crippen molar-refractivity contribution in [2.75, 3.05) is 35.5 Å². The summed E-state index contributed by atoms with van der Waals surface area (Å²) < 4.78 is 13.9. The first-order chi connectivity index (χ1) is 31.2. The number of oxime groups is 2. The van der Waals surface area contributed by atoms with E-state index in [9.17, 15) is 19.2 Å². The molecule has 9 rings (SSSR count). The summed E-state index contributed by atoms with van der Waals surface area (Å²) in [6, 6.07) is 23.3. The summed E-state index contributed by atoms with van der Waals surface area (Å²) in [5.74, 6) is -1.70. The zero-order valence-electron chi connectivity index (χ0n) is 34.5. The van der Waals surface area contributed by atoms with Crippen molar-refractivity contribution >= 4 is 102 Å². The molecule has 6 heterocycles. The van der Waals surface area contributed by atoms with Crippen molar-refractivity contribution in [2.45, 2.75) is 0 Å². The number of esters is 3. The number of hydrogen-bond donors (Lipinski definition) is 3. The van der Waals surface area contributed by atoms with Gasteiger partial charge < -0.3 is 38.8 Å². The molecule has 0 aliphatic heterocycles. The van der Waals surface area contributed by atoms with E-state index in [4.69, 9.17) is 9.68 Å². The fourth-order valence-electron chi connectivity index (χ4n) is 6.24. The molecule has 0 bridgehead atoms. The summed E-state index contributed by atoms with van der Waals surface area (Å²) in [4.78, 5) is 78.8. The van der Waals surface area contributed by atoms with E-state index in [0.29, 0.717) is 27.0 Å². The number of hydrogen-bond acceptors (Lipinski definition) is 17. The fraction of sp³-hybridized carbons (Fsp3) is 0.114. The van der Waals surface area contributed by atoms with E-state index in [2.05, 4.69) is 54.4 Å². The monoisotopic (exact) mass is 916 g/mol. The highest BCUT2D eigenvalue weighted by Gasteiger charge is 2.22. The Bertz CT molecular complexity index is 3030. The lowest BCUT2D eigenvalue weighted by Gasteiger charge is -2.01. The maximum absolute atomic E-state index is 12.4. The molecule has 3 N–H and O–H groups in total. The van der Waals surface area contributed by atoms with E-state index in [-0.39, 0.29) is 27.9 Å². The molecule has 0 aliphatic rings. The average molecular weight is 917 g/mol. The smallest absolute Gasteiger partial charge is 0.357 e. The Balaban J connectivity index is 0.000000144. The van der Waals surface area contributed by atoms with E-state index in [1.165, 1.54) is 63.6 Å². The molecular formula is C44H36N8O9S3. The lowest BCUT2D eigenvalue weighted by molar-refractivity contribution is 0.0586. The van der Waals surface area contributed by atoms with Gasteiger partial charge in [0.25, 0.3) is 0 Å². The molecule has 0 fully saturated rings. The Morgan fingerprint density at radius 1 is 0.469 bits per heavy atom. The van der Waals surface area contributed by atoms with E-state index in [0.717, 1.165) is 55.2 Å². The van der Waals surface area contributed by atoms with Gasteiger partial charge in [-0.3, -0.25) is 4.79 Å². The third-order valence-electron chi connectivity index (χ3n) is 9.18. The molecule has 0 saturated heterocycles. The molecule has 20 heteroatoms. The Hall–Kier alpha value is -7.81. The van der Waals surface area contributed by atoms with Crippen molar-refractivity contribution in [3.05, 3.63) is 156 Å². The van der Waals surface area contributed by atoms with E-state index >= 15 is 0 Å². The third kappa shape index (κ3) is 9.48. The largest absolute Gasteiger partial charge is 0.464 e. The second-order valence-electron chi connectivity index (χ2n) is 12.9. The minimum absolute atomic E-state index is 0.153. The number of aromatic nitrogens is 6. The van der Waals surface area contributed by atoms with Crippen LogP contribution >= 0.6 is 34.0 Å². The summed E-state index contributed by atoms with van der Waals surface area (Å²) in [6.45, 7) is 0. The van der Waals surface area contributed by atoms with E-state index < -0.39 is 17.9 Å². The highest BCUT2D eigenvalue weighted by Crippen LogP contribution is 2.26. The zero-order chi connectivity index (χ0) is 45.2. The molecule has 17 nitrogen and oxygen atoms in total. The van der Waals surface area contributed by atoms with Gasteiger partial charge in [-0.2, -0.15) is 0 Å². The lowest BCUT2D eigenvalue weighted by atomic mass is 10.1. The van der Waals surface area contributed by atoms with Gasteiger partial charge in [-0.05, 0) is 18.2 Å². The van der Waals surface area contributed by atoms with Gasteiger partial charge in [-0.25, -0.2) is 29.3 Å². The molecule has 0 unspecified atom stereocenters. The number of methoxy groups -OCH3 is 3. The molecule has 0 amide bonds. The summed E-state index contributed by atoms with van der Waals surface area (Å²) >= 11 is 3.76. The highest BCUT2D eigenvalue weighted by molar-refractivity contribution is 7.12. The minimum atomic E-state index is -0.542. The first-order valence-corrected chi connectivity index (χ1v) is 21.4. The van der Waals surface area contributed by atoms with Crippen LogP contribution in [0.2, 0.25) is 0 Å². The second-order valence-corrected chi connectivity index (χ2v) is 15.5. The molecule has 3 aromatic carbocycles. The molecule has 64 heavy (non-hydrogen) atoms. The fourth-order valence-corrected chi connectivity index (χ4v) is 8.54. The third-order valence-corrected chi connectivity index (χ3v) is 11.7. The summed E-state index contributed by atoms with van der Waals surface area (Å²) in [6.07, 6.45) is 5.36. The number of carbonyl (C=O) groups is 4. The topological polar surface area (TPSA) is 225 Å². The van der Waals surface area contributed by atoms with Crippen LogP contribution in [0.3, 0.4) is 0 Å². The first-order valence-electron chi connectivity index (χ1n) is 18.8. The van der Waals surface area contributed by atoms with Crippen LogP contribution in [0, 0.1) is 0 Å². The molecular weight excluding hydrogens is 881 g/mol. The van der Waals surface area contributed by atoms with Crippen molar-refractivity contribution in [1.82, 2.24) is 29.9 Å². The molecule has 0 spiro atoms. The first kappa shape index (κ1) is 44.3. The van der Waals surface area contributed by atoms with Gasteiger partial charge >= 0.3 is 17.9 Å². The molecule has 0 atom stereocenters. The summed E-state index contributed by atoms with van der Waals surface area (Å²) in [5, 5.41) is 17.3. The Morgan fingerprint density at radius 3 is 1.17 bits per heavy atom. The van der Waals surface area contributed by atoms with Crippen LogP contribution in [0.5, 0.6) is 0 Å². The Morgan fingerprint density at radius 2 is 0.797 bits per heavy atom. The molecule has 6 aromatic heterocycles. The number of fused-ring (bicyclic) bond motifs is 3. The van der Waals surface area contributed by atoms with Crippen LogP contribution < -0.4 is 0 Å². The number of ketones is 1. The number of nitrogens with one attached hydrogen (secondary N) is 3. The number of aromatic amines is 3. The molecule has 0 saturated carbocycles. The van der Waals surface area contributed by atoms with Gasteiger partial charge in [-0.1, -0.05) is 64.9 Å². The van der Waals surface area contributed by atoms with Crippen LogP contribution in [0.15, 0.2) is 118 Å². The molecule has 0 aliphatic carbocycles. The number of para-hydroxylation sites is 3. The zero-order valence-corrected chi connectivity index (χ0v) is 37.0. The predicted molar refractivity (Wildman–Crippen MR) is 244 cm³/mol. The molecule has 324 valence electrons. The second kappa shape index (κ2) is 20.4. The molecule has 0 radical (unpaired) electrons. The average Bonchev–Trinajstić information content (AvgIpc) is 4.21. The predicted octanol–water partition coefficient (Wildman–Crippen LogP) is 8.26. The Kier molecular flexibility index (Phi) is 14.1. The van der Waals surface area contributed by atoms with Gasteiger partial charge in [0.05, 0.1) is 26.9 Å². The normalized spacial score (nSPS) is 11.3.